The maximum absolute atomic E-state index is 13.2. The third-order valence-corrected chi connectivity index (χ3v) is 5.75. The van der Waals surface area contributed by atoms with Crippen molar-refractivity contribution in [3.63, 3.8) is 0 Å². The molecule has 0 aliphatic carbocycles. The van der Waals surface area contributed by atoms with Gasteiger partial charge >= 0.3 is 0 Å². The van der Waals surface area contributed by atoms with Crippen molar-refractivity contribution in [2.45, 2.75) is 0 Å². The second-order valence-corrected chi connectivity index (χ2v) is 8.04. The highest BCUT2D eigenvalue weighted by Crippen LogP contribution is 2.24. The molecule has 2 amide bonds. The van der Waals surface area contributed by atoms with Gasteiger partial charge in [0.25, 0.3) is 11.8 Å². The highest BCUT2D eigenvalue weighted by Gasteiger charge is 2.16. The molecule has 0 aromatic heterocycles. The minimum Gasteiger partial charge on any atom is -0.320 e. The van der Waals surface area contributed by atoms with Crippen LogP contribution < -0.4 is 10.6 Å². The lowest BCUT2D eigenvalue weighted by Gasteiger charge is -2.13. The van der Waals surface area contributed by atoms with E-state index in [4.69, 9.17) is 0 Å². The summed E-state index contributed by atoms with van der Waals surface area (Å²) in [6.45, 7) is 0. The second kappa shape index (κ2) is 9.57. The Kier molecular flexibility index (Phi) is 6.43. The molecular weight excluding hydrogens is 499 g/mol. The van der Waals surface area contributed by atoms with Crippen LogP contribution in [-0.4, -0.2) is 11.8 Å². The topological polar surface area (TPSA) is 58.2 Å². The summed E-state index contributed by atoms with van der Waals surface area (Å²) >= 11 is 2.21. The average Bonchev–Trinajstić information content (AvgIpc) is 2.80. The summed E-state index contributed by atoms with van der Waals surface area (Å²) in [5.41, 5.74) is 2.19. The molecule has 0 aliphatic heterocycles. The fourth-order valence-electron chi connectivity index (χ4n) is 3.21. The Bertz CT molecular complexity index is 1280. The van der Waals surface area contributed by atoms with E-state index in [-0.39, 0.29) is 17.5 Å². The summed E-state index contributed by atoms with van der Waals surface area (Å²) in [4.78, 5) is 26.0. The zero-order valence-electron chi connectivity index (χ0n) is 16.5. The molecule has 0 atom stereocenters. The van der Waals surface area contributed by atoms with Crippen molar-refractivity contribution in [2.75, 3.05) is 5.32 Å². The van der Waals surface area contributed by atoms with E-state index in [1.54, 1.807) is 30.3 Å². The van der Waals surface area contributed by atoms with Crippen LogP contribution in [0.5, 0.6) is 0 Å². The zero-order chi connectivity index (χ0) is 21.6. The smallest absolute Gasteiger partial charge is 0.272 e. The molecule has 4 rings (SSSR count). The standard InChI is InChI=1S/C26H19IN2O2/c27-22-15-7-5-12-20(22)17-24(29-25(30)19-10-2-1-3-11-19)26(31)28-23-16-8-13-18-9-4-6-14-21(18)23/h1-17H,(H,28,31)(H,29,30)/b24-17-. The first kappa shape index (κ1) is 20.8. The molecule has 2 N–H and O–H groups in total. The number of nitrogens with one attached hydrogen (secondary N) is 2. The van der Waals surface area contributed by atoms with Crippen molar-refractivity contribution < 1.29 is 9.59 Å². The first-order valence-electron chi connectivity index (χ1n) is 9.73. The number of hydrogen-bond acceptors (Lipinski definition) is 2. The molecule has 0 saturated carbocycles. The van der Waals surface area contributed by atoms with Crippen molar-refractivity contribution in [1.29, 1.82) is 0 Å². The van der Waals surface area contributed by atoms with Crippen LogP contribution in [0.25, 0.3) is 16.8 Å². The van der Waals surface area contributed by atoms with Crippen LogP contribution >= 0.6 is 22.6 Å². The predicted octanol–water partition coefficient (Wildman–Crippen LogP) is 5.85. The van der Waals surface area contributed by atoms with Crippen LogP contribution in [-0.2, 0) is 4.79 Å². The number of rotatable bonds is 5. The van der Waals surface area contributed by atoms with Crippen LogP contribution in [0.3, 0.4) is 0 Å². The van der Waals surface area contributed by atoms with E-state index in [0.29, 0.717) is 11.3 Å². The fraction of sp³-hybridized carbons (Fsp3) is 0. The van der Waals surface area contributed by atoms with Gasteiger partial charge in [0, 0.05) is 20.2 Å². The Balaban J connectivity index is 1.68. The predicted molar refractivity (Wildman–Crippen MR) is 134 cm³/mol. The summed E-state index contributed by atoms with van der Waals surface area (Å²) in [6, 6.07) is 30.1. The SMILES string of the molecule is O=C(Nc1cccc2ccccc12)/C(=C/c1ccccc1I)NC(=O)c1ccccc1. The van der Waals surface area contributed by atoms with E-state index in [0.717, 1.165) is 19.9 Å². The third-order valence-electron chi connectivity index (χ3n) is 4.77. The summed E-state index contributed by atoms with van der Waals surface area (Å²) < 4.78 is 0.976. The minimum atomic E-state index is -0.389. The maximum atomic E-state index is 13.2. The van der Waals surface area contributed by atoms with Crippen molar-refractivity contribution in [3.8, 4) is 0 Å². The molecule has 0 radical (unpaired) electrons. The molecule has 0 spiro atoms. The van der Waals surface area contributed by atoms with Crippen molar-refractivity contribution >= 4 is 56.9 Å². The molecule has 0 unspecified atom stereocenters. The van der Waals surface area contributed by atoms with Crippen molar-refractivity contribution in [1.82, 2.24) is 5.32 Å². The monoisotopic (exact) mass is 518 g/mol. The van der Waals surface area contributed by atoms with E-state index in [9.17, 15) is 9.59 Å². The lowest BCUT2D eigenvalue weighted by atomic mass is 10.1. The van der Waals surface area contributed by atoms with E-state index >= 15 is 0 Å². The van der Waals surface area contributed by atoms with Gasteiger partial charge in [0.2, 0.25) is 0 Å². The molecular formula is C26H19IN2O2. The van der Waals surface area contributed by atoms with Crippen molar-refractivity contribution in [2.24, 2.45) is 0 Å². The number of carbonyl (C=O) groups excluding carboxylic acids is 2. The highest BCUT2D eigenvalue weighted by atomic mass is 127. The Hall–Kier alpha value is -3.45. The van der Waals surface area contributed by atoms with Crippen LogP contribution in [0.1, 0.15) is 15.9 Å². The van der Waals surface area contributed by atoms with Gasteiger partial charge in [-0.05, 0) is 63.9 Å². The molecule has 4 aromatic rings. The van der Waals surface area contributed by atoms with Gasteiger partial charge < -0.3 is 10.6 Å². The van der Waals surface area contributed by atoms with E-state index in [1.807, 2.05) is 72.8 Å². The third kappa shape index (κ3) is 5.00. The van der Waals surface area contributed by atoms with Crippen LogP contribution in [0.15, 0.2) is 103 Å². The van der Waals surface area contributed by atoms with Gasteiger partial charge in [-0.1, -0.05) is 72.8 Å². The summed E-state index contributed by atoms with van der Waals surface area (Å²) in [5.74, 6) is -0.730. The average molecular weight is 518 g/mol. The number of halogens is 1. The first-order valence-corrected chi connectivity index (χ1v) is 10.8. The number of carbonyl (C=O) groups is 2. The molecule has 5 heteroatoms. The zero-order valence-corrected chi connectivity index (χ0v) is 18.7. The van der Waals surface area contributed by atoms with Gasteiger partial charge in [0.1, 0.15) is 5.70 Å². The Morgan fingerprint density at radius 2 is 1.42 bits per heavy atom. The molecule has 0 fully saturated rings. The van der Waals surface area contributed by atoms with Crippen LogP contribution in [0, 0.1) is 3.57 Å². The van der Waals surface area contributed by atoms with Gasteiger partial charge in [0.15, 0.2) is 0 Å². The van der Waals surface area contributed by atoms with Crippen LogP contribution in [0.2, 0.25) is 0 Å². The maximum Gasteiger partial charge on any atom is 0.272 e. The lowest BCUT2D eigenvalue weighted by molar-refractivity contribution is -0.113. The molecule has 0 saturated heterocycles. The molecule has 0 aliphatic rings. The molecule has 0 heterocycles. The molecule has 4 nitrogen and oxygen atoms in total. The number of anilines is 1. The van der Waals surface area contributed by atoms with E-state index in [2.05, 4.69) is 33.2 Å². The number of hydrogen-bond donors (Lipinski definition) is 2. The molecule has 31 heavy (non-hydrogen) atoms. The van der Waals surface area contributed by atoms with Gasteiger partial charge in [0.05, 0.1) is 0 Å². The fourth-order valence-corrected chi connectivity index (χ4v) is 3.76. The van der Waals surface area contributed by atoms with Gasteiger partial charge in [-0.15, -0.1) is 0 Å². The summed E-state index contributed by atoms with van der Waals surface area (Å²) in [7, 11) is 0. The van der Waals surface area contributed by atoms with E-state index in [1.165, 1.54) is 0 Å². The Morgan fingerprint density at radius 1 is 0.742 bits per heavy atom. The van der Waals surface area contributed by atoms with Gasteiger partial charge in [-0.25, -0.2) is 0 Å². The highest BCUT2D eigenvalue weighted by molar-refractivity contribution is 14.1. The Labute approximate surface area is 194 Å². The number of amides is 2. The molecule has 0 bridgehead atoms. The molecule has 152 valence electrons. The van der Waals surface area contributed by atoms with Crippen LogP contribution in [0.4, 0.5) is 5.69 Å². The summed E-state index contributed by atoms with van der Waals surface area (Å²) in [5, 5.41) is 7.70. The minimum absolute atomic E-state index is 0.172. The molecule has 4 aromatic carbocycles. The second-order valence-electron chi connectivity index (χ2n) is 6.88. The summed E-state index contributed by atoms with van der Waals surface area (Å²) in [6.07, 6.45) is 1.70. The van der Waals surface area contributed by atoms with E-state index < -0.39 is 0 Å². The van der Waals surface area contributed by atoms with Gasteiger partial charge in [-0.2, -0.15) is 0 Å². The quantitative estimate of drug-likeness (QED) is 0.257. The lowest BCUT2D eigenvalue weighted by Crippen LogP contribution is -2.30. The first-order chi connectivity index (χ1) is 15.1. The number of benzene rings is 4. The number of fused-ring (bicyclic) bond motifs is 1. The van der Waals surface area contributed by atoms with Crippen molar-refractivity contribution in [3.05, 3.63) is 117 Å². The largest absolute Gasteiger partial charge is 0.320 e. The Morgan fingerprint density at radius 3 is 2.23 bits per heavy atom. The van der Waals surface area contributed by atoms with Gasteiger partial charge in [-0.3, -0.25) is 9.59 Å². The normalized spacial score (nSPS) is 11.2.